The highest BCUT2D eigenvalue weighted by atomic mass is 32.1. The Balaban J connectivity index is 1.23. The van der Waals surface area contributed by atoms with Gasteiger partial charge in [0, 0.05) is 60.6 Å². The predicted molar refractivity (Wildman–Crippen MR) is 127 cm³/mol. The van der Waals surface area contributed by atoms with E-state index in [4.69, 9.17) is 5.73 Å². The first-order valence-electron chi connectivity index (χ1n) is 10.5. The van der Waals surface area contributed by atoms with Crippen LogP contribution in [0.2, 0.25) is 0 Å². The first kappa shape index (κ1) is 21.1. The second-order valence-electron chi connectivity index (χ2n) is 8.07. The van der Waals surface area contributed by atoms with Crippen LogP contribution in [0, 0.1) is 0 Å². The van der Waals surface area contributed by atoms with Crippen molar-refractivity contribution in [2.45, 2.75) is 19.5 Å². The Morgan fingerprint density at radius 3 is 2.94 bits per heavy atom. The van der Waals surface area contributed by atoms with Gasteiger partial charge in [-0.3, -0.25) is 14.9 Å². The van der Waals surface area contributed by atoms with E-state index in [1.54, 1.807) is 47.1 Å². The average Bonchev–Trinajstić information content (AvgIpc) is 3.40. The van der Waals surface area contributed by atoms with Gasteiger partial charge >= 0.3 is 0 Å². The monoisotopic (exact) mass is 461 g/mol. The van der Waals surface area contributed by atoms with Crippen molar-refractivity contribution in [3.63, 3.8) is 0 Å². The first-order valence-corrected chi connectivity index (χ1v) is 11.4. The van der Waals surface area contributed by atoms with E-state index in [0.29, 0.717) is 27.7 Å². The lowest BCUT2D eigenvalue weighted by Gasteiger charge is -2.20. The number of rotatable bonds is 5. The molecule has 4 N–H and O–H groups in total. The smallest absolute Gasteiger partial charge is 0.271 e. The third-order valence-corrected chi connectivity index (χ3v) is 6.50. The topological polar surface area (TPSA) is 118 Å². The first-order chi connectivity index (χ1) is 15.9. The van der Waals surface area contributed by atoms with E-state index in [1.807, 2.05) is 6.07 Å². The van der Waals surface area contributed by atoms with E-state index < -0.39 is 0 Å². The van der Waals surface area contributed by atoms with Crippen molar-refractivity contribution in [3.8, 4) is 0 Å². The van der Waals surface area contributed by atoms with Crippen molar-refractivity contribution >= 4 is 39.6 Å². The minimum atomic E-state index is -0.300. The summed E-state index contributed by atoms with van der Waals surface area (Å²) >= 11 is 1.52. The number of thiazole rings is 1. The highest BCUT2D eigenvalue weighted by molar-refractivity contribution is 7.15. The summed E-state index contributed by atoms with van der Waals surface area (Å²) in [5.41, 5.74) is 9.65. The second kappa shape index (κ2) is 8.64. The molecule has 4 heterocycles. The molecule has 0 aliphatic carbocycles. The quantitative estimate of drug-likeness (QED) is 0.420. The standard InChI is InChI=1S/C23H23N7O2S/c1-29-7-6-17-19(13-29)33-23(27-17)28-21(31)15-4-2-3-14(9-15)11-25-22(32)18-12-30-8-5-16(24)10-20(30)26-18/h2-5,8-10,12H,6-7,11,13,24H2,1H3,(H,25,32)(H,27,28,31). The molecular weight excluding hydrogens is 438 g/mol. The lowest BCUT2D eigenvalue weighted by molar-refractivity contribution is 0.0946. The van der Waals surface area contributed by atoms with Gasteiger partial charge in [0.2, 0.25) is 0 Å². The molecule has 0 saturated carbocycles. The molecule has 0 atom stereocenters. The zero-order valence-corrected chi connectivity index (χ0v) is 18.9. The molecule has 5 rings (SSSR count). The van der Waals surface area contributed by atoms with Crippen LogP contribution in [0.1, 0.15) is 37.0 Å². The number of pyridine rings is 1. The van der Waals surface area contributed by atoms with Crippen molar-refractivity contribution in [2.75, 3.05) is 24.6 Å². The molecule has 0 fully saturated rings. The molecular formula is C23H23N7O2S. The summed E-state index contributed by atoms with van der Waals surface area (Å²) < 4.78 is 1.74. The number of nitrogens with zero attached hydrogens (tertiary/aromatic N) is 4. The zero-order chi connectivity index (χ0) is 22.9. The maximum absolute atomic E-state index is 12.8. The molecule has 168 valence electrons. The van der Waals surface area contributed by atoms with Crippen LogP contribution in [0.5, 0.6) is 0 Å². The molecule has 3 aromatic heterocycles. The summed E-state index contributed by atoms with van der Waals surface area (Å²) in [4.78, 5) is 37.6. The normalized spacial score (nSPS) is 13.6. The Hall–Kier alpha value is -3.76. The largest absolute Gasteiger partial charge is 0.399 e. The highest BCUT2D eigenvalue weighted by Crippen LogP contribution is 2.28. The van der Waals surface area contributed by atoms with Crippen LogP contribution in [-0.4, -0.2) is 44.7 Å². The van der Waals surface area contributed by atoms with Gasteiger partial charge in [-0.15, -0.1) is 11.3 Å². The Bertz CT molecular complexity index is 1360. The highest BCUT2D eigenvalue weighted by Gasteiger charge is 2.19. The molecule has 1 aliphatic heterocycles. The average molecular weight is 462 g/mol. The predicted octanol–water partition coefficient (Wildman–Crippen LogP) is 2.54. The molecule has 1 aliphatic rings. The van der Waals surface area contributed by atoms with E-state index in [1.165, 1.54) is 16.2 Å². The third-order valence-electron chi connectivity index (χ3n) is 5.50. The molecule has 0 bridgehead atoms. The number of aromatic nitrogens is 3. The van der Waals surface area contributed by atoms with Crippen LogP contribution in [0.4, 0.5) is 10.8 Å². The molecule has 9 nitrogen and oxygen atoms in total. The number of amides is 2. The number of nitrogen functional groups attached to an aromatic ring is 1. The van der Waals surface area contributed by atoms with Gasteiger partial charge in [-0.05, 0) is 30.8 Å². The van der Waals surface area contributed by atoms with Crippen molar-refractivity contribution in [1.29, 1.82) is 0 Å². The molecule has 2 amide bonds. The summed E-state index contributed by atoms with van der Waals surface area (Å²) in [5, 5.41) is 6.38. The Morgan fingerprint density at radius 1 is 1.18 bits per heavy atom. The fraction of sp³-hybridized carbons (Fsp3) is 0.217. The number of nitrogens with one attached hydrogen (secondary N) is 2. The molecule has 0 radical (unpaired) electrons. The summed E-state index contributed by atoms with van der Waals surface area (Å²) in [7, 11) is 2.08. The fourth-order valence-corrected chi connectivity index (χ4v) is 4.83. The van der Waals surface area contributed by atoms with Gasteiger partial charge in [-0.1, -0.05) is 12.1 Å². The number of fused-ring (bicyclic) bond motifs is 2. The third kappa shape index (κ3) is 4.57. The van der Waals surface area contributed by atoms with E-state index in [9.17, 15) is 9.59 Å². The van der Waals surface area contributed by atoms with Gasteiger partial charge in [0.05, 0.1) is 5.69 Å². The number of hydrogen-bond donors (Lipinski definition) is 3. The lowest BCUT2D eigenvalue weighted by atomic mass is 10.1. The van der Waals surface area contributed by atoms with E-state index >= 15 is 0 Å². The van der Waals surface area contributed by atoms with Crippen molar-refractivity contribution in [2.24, 2.45) is 0 Å². The Kier molecular flexibility index (Phi) is 5.53. The van der Waals surface area contributed by atoms with Gasteiger partial charge in [-0.25, -0.2) is 9.97 Å². The van der Waals surface area contributed by atoms with Crippen LogP contribution in [0.15, 0.2) is 48.8 Å². The summed E-state index contributed by atoms with van der Waals surface area (Å²) in [5.74, 6) is -0.522. The van der Waals surface area contributed by atoms with E-state index in [2.05, 4.69) is 32.5 Å². The maximum Gasteiger partial charge on any atom is 0.271 e. The lowest BCUT2D eigenvalue weighted by Crippen LogP contribution is -2.25. The number of likely N-dealkylation sites (N-methyl/N-ethyl adjacent to an activating group) is 1. The zero-order valence-electron chi connectivity index (χ0n) is 18.0. The van der Waals surface area contributed by atoms with Crippen LogP contribution < -0.4 is 16.4 Å². The number of carbonyl (C=O) groups excluding carboxylic acids is 2. The molecule has 1 aromatic carbocycles. The van der Waals surface area contributed by atoms with Crippen LogP contribution >= 0.6 is 11.3 Å². The minimum Gasteiger partial charge on any atom is -0.399 e. The van der Waals surface area contributed by atoms with Gasteiger partial charge in [0.1, 0.15) is 11.3 Å². The number of nitrogens with two attached hydrogens (primary N) is 1. The van der Waals surface area contributed by atoms with Gasteiger partial charge in [-0.2, -0.15) is 0 Å². The van der Waals surface area contributed by atoms with Gasteiger partial charge < -0.3 is 20.4 Å². The molecule has 4 aromatic rings. The molecule has 0 unspecified atom stereocenters. The van der Waals surface area contributed by atoms with Gasteiger partial charge in [0.25, 0.3) is 11.8 Å². The SMILES string of the molecule is CN1CCc2nc(NC(=O)c3cccc(CNC(=O)c4cn5ccc(N)cc5n4)c3)sc2C1. The van der Waals surface area contributed by atoms with Crippen molar-refractivity contribution in [3.05, 3.63) is 76.2 Å². The van der Waals surface area contributed by atoms with Crippen LogP contribution in [0.3, 0.4) is 0 Å². The number of anilines is 2. The molecule has 0 saturated heterocycles. The molecule has 33 heavy (non-hydrogen) atoms. The second-order valence-corrected chi connectivity index (χ2v) is 9.15. The summed E-state index contributed by atoms with van der Waals surface area (Å²) in [6.45, 7) is 2.10. The van der Waals surface area contributed by atoms with E-state index in [0.717, 1.165) is 30.8 Å². The Morgan fingerprint density at radius 2 is 2.06 bits per heavy atom. The van der Waals surface area contributed by atoms with E-state index in [-0.39, 0.29) is 18.4 Å². The summed E-state index contributed by atoms with van der Waals surface area (Å²) in [6, 6.07) is 10.6. The number of carbonyl (C=O) groups is 2. The van der Waals surface area contributed by atoms with Crippen molar-refractivity contribution in [1.82, 2.24) is 24.6 Å². The van der Waals surface area contributed by atoms with Crippen molar-refractivity contribution < 1.29 is 9.59 Å². The maximum atomic E-state index is 12.8. The Labute approximate surface area is 194 Å². The summed E-state index contributed by atoms with van der Waals surface area (Å²) in [6.07, 6.45) is 4.31. The fourth-order valence-electron chi connectivity index (χ4n) is 3.75. The molecule has 0 spiro atoms. The number of benzene rings is 1. The number of hydrogen-bond acceptors (Lipinski definition) is 7. The van der Waals surface area contributed by atoms with Crippen LogP contribution in [-0.2, 0) is 19.5 Å². The minimum absolute atomic E-state index is 0.222. The van der Waals surface area contributed by atoms with Crippen LogP contribution in [0.25, 0.3) is 5.65 Å². The van der Waals surface area contributed by atoms with Gasteiger partial charge in [0.15, 0.2) is 5.13 Å². The number of imidazole rings is 1. The molecule has 10 heteroatoms.